The molecular weight excluding hydrogens is 308 g/mol. The molecule has 1 aliphatic heterocycles. The van der Waals surface area contributed by atoms with Crippen LogP contribution in [0.3, 0.4) is 0 Å². The summed E-state index contributed by atoms with van der Waals surface area (Å²) in [5.74, 6) is -2.03. The van der Waals surface area contributed by atoms with Gasteiger partial charge in [-0.25, -0.2) is 13.8 Å². The van der Waals surface area contributed by atoms with Crippen molar-refractivity contribution in [2.75, 3.05) is 18.0 Å². The monoisotopic (exact) mass is 335 g/mol. The van der Waals surface area contributed by atoms with Crippen LogP contribution < -0.4 is 10.6 Å². The summed E-state index contributed by atoms with van der Waals surface area (Å²) in [6.07, 6.45) is 2.83. The maximum atomic E-state index is 13.7. The maximum Gasteiger partial charge on any atom is 0.266 e. The number of nitrogens with two attached hydrogens (primary N) is 1. The average molecular weight is 335 g/mol. The van der Waals surface area contributed by atoms with E-state index in [1.165, 1.54) is 5.56 Å². The van der Waals surface area contributed by atoms with Crippen LogP contribution >= 0.6 is 0 Å². The molecule has 2 N–H and O–H groups in total. The van der Waals surface area contributed by atoms with Gasteiger partial charge in [0.15, 0.2) is 0 Å². The third-order valence-electron chi connectivity index (χ3n) is 5.32. The quantitative estimate of drug-likeness (QED) is 0.894. The Labute approximate surface area is 142 Å². The highest BCUT2D eigenvalue weighted by Gasteiger charge is 2.42. The van der Waals surface area contributed by atoms with Crippen molar-refractivity contribution in [2.45, 2.75) is 58.4 Å². The predicted molar refractivity (Wildman–Crippen MR) is 94.5 cm³/mol. The lowest BCUT2D eigenvalue weighted by atomic mass is 9.76. The van der Waals surface area contributed by atoms with E-state index in [9.17, 15) is 8.78 Å². The molecule has 2 aliphatic rings. The lowest BCUT2D eigenvalue weighted by molar-refractivity contribution is -0.0394. The Bertz CT molecular complexity index is 667. The smallest absolute Gasteiger partial charge is 0.266 e. The number of rotatable bonds is 2. The largest absolute Gasteiger partial charge is 0.354 e. The van der Waals surface area contributed by atoms with Crippen LogP contribution in [0.25, 0.3) is 5.57 Å². The molecule has 2 heterocycles. The first kappa shape index (κ1) is 17.3. The molecule has 0 bridgehead atoms. The number of aryl methyl sites for hydroxylation is 1. The van der Waals surface area contributed by atoms with E-state index in [4.69, 9.17) is 10.7 Å². The Morgan fingerprint density at radius 1 is 1.38 bits per heavy atom. The Hall–Kier alpha value is -1.49. The highest BCUT2D eigenvalue weighted by molar-refractivity contribution is 5.73. The number of halogens is 2. The van der Waals surface area contributed by atoms with Gasteiger partial charge in [0.2, 0.25) is 0 Å². The minimum atomic E-state index is -2.80. The fourth-order valence-electron chi connectivity index (χ4n) is 3.65. The fraction of sp³-hybridized carbons (Fsp3) is 0.632. The first-order chi connectivity index (χ1) is 11.1. The predicted octanol–water partition coefficient (Wildman–Crippen LogP) is 3.80. The molecule has 3 nitrogen and oxygen atoms in total. The minimum absolute atomic E-state index is 0.127. The number of nitrogens with zero attached hydrogens (tertiary/aromatic N) is 2. The normalized spacial score (nSPS) is 25.2. The van der Waals surface area contributed by atoms with Crippen molar-refractivity contribution in [3.63, 3.8) is 0 Å². The van der Waals surface area contributed by atoms with Gasteiger partial charge in [0.25, 0.3) is 5.92 Å². The molecule has 5 heteroatoms. The number of aromatic nitrogens is 1. The fourth-order valence-corrected chi connectivity index (χ4v) is 3.65. The summed E-state index contributed by atoms with van der Waals surface area (Å²) in [6, 6.07) is 1.01. The average Bonchev–Trinajstić information content (AvgIpc) is 2.47. The lowest BCUT2D eigenvalue weighted by Crippen LogP contribution is -2.55. The van der Waals surface area contributed by atoms with Gasteiger partial charge in [0.1, 0.15) is 5.82 Å². The highest BCUT2D eigenvalue weighted by Crippen LogP contribution is 2.38. The van der Waals surface area contributed by atoms with E-state index in [1.807, 2.05) is 11.8 Å². The van der Waals surface area contributed by atoms with Crippen LogP contribution in [-0.4, -0.2) is 30.0 Å². The van der Waals surface area contributed by atoms with Crippen molar-refractivity contribution >= 4 is 11.4 Å². The van der Waals surface area contributed by atoms with Gasteiger partial charge in [-0.15, -0.1) is 0 Å². The summed E-state index contributed by atoms with van der Waals surface area (Å²) in [5, 5.41) is 0. The molecule has 1 atom stereocenters. The highest BCUT2D eigenvalue weighted by atomic mass is 19.3. The lowest BCUT2D eigenvalue weighted by Gasteiger charge is -2.39. The minimum Gasteiger partial charge on any atom is -0.354 e. The molecule has 132 valence electrons. The zero-order chi connectivity index (χ0) is 17.7. The van der Waals surface area contributed by atoms with E-state index >= 15 is 0 Å². The zero-order valence-corrected chi connectivity index (χ0v) is 14.8. The van der Waals surface area contributed by atoms with E-state index in [1.54, 1.807) is 0 Å². The van der Waals surface area contributed by atoms with Crippen LogP contribution in [0.1, 0.15) is 50.4 Å². The molecule has 0 saturated carbocycles. The third kappa shape index (κ3) is 3.18. The van der Waals surface area contributed by atoms with E-state index in [0.717, 1.165) is 41.9 Å². The molecule has 0 radical (unpaired) electrons. The van der Waals surface area contributed by atoms with Crippen LogP contribution in [0.2, 0.25) is 0 Å². The maximum absolute atomic E-state index is 13.7. The summed E-state index contributed by atoms with van der Waals surface area (Å²) < 4.78 is 27.5. The number of alkyl halides is 2. The number of pyridine rings is 1. The van der Waals surface area contributed by atoms with Gasteiger partial charge >= 0.3 is 0 Å². The Balaban J connectivity index is 1.99. The molecule has 24 heavy (non-hydrogen) atoms. The van der Waals surface area contributed by atoms with E-state index in [2.05, 4.69) is 26.5 Å². The van der Waals surface area contributed by atoms with Crippen molar-refractivity contribution in [1.29, 1.82) is 0 Å². The molecule has 1 fully saturated rings. The SMILES string of the molecule is C=C(C)c1cc2c(nc1N1CCC(F)(F)C(N)C1)CC(C)(C)CC2. The molecule has 1 unspecified atom stereocenters. The summed E-state index contributed by atoms with van der Waals surface area (Å²) >= 11 is 0. The van der Waals surface area contributed by atoms with Crippen LogP contribution in [0.4, 0.5) is 14.6 Å². The molecule has 1 aromatic heterocycles. The molecule has 0 aromatic carbocycles. The van der Waals surface area contributed by atoms with Crippen LogP contribution in [-0.2, 0) is 12.8 Å². The van der Waals surface area contributed by atoms with E-state index in [-0.39, 0.29) is 24.9 Å². The van der Waals surface area contributed by atoms with Crippen molar-refractivity contribution < 1.29 is 8.78 Å². The first-order valence-electron chi connectivity index (χ1n) is 8.66. The van der Waals surface area contributed by atoms with Crippen LogP contribution in [0, 0.1) is 5.41 Å². The second-order valence-corrected chi connectivity index (χ2v) is 8.15. The molecular formula is C19H27F2N3. The van der Waals surface area contributed by atoms with Gasteiger partial charge in [-0.3, -0.25) is 0 Å². The molecule has 0 amide bonds. The number of hydrogen-bond donors (Lipinski definition) is 1. The summed E-state index contributed by atoms with van der Waals surface area (Å²) in [4.78, 5) is 6.81. The second kappa shape index (κ2) is 5.80. The zero-order valence-electron chi connectivity index (χ0n) is 14.8. The molecule has 3 rings (SSSR count). The van der Waals surface area contributed by atoms with Crippen molar-refractivity contribution in [3.05, 3.63) is 29.5 Å². The number of anilines is 1. The van der Waals surface area contributed by atoms with Crippen LogP contribution in [0.15, 0.2) is 12.6 Å². The van der Waals surface area contributed by atoms with Crippen molar-refractivity contribution in [3.8, 4) is 0 Å². The van der Waals surface area contributed by atoms with Gasteiger partial charge in [-0.1, -0.05) is 20.4 Å². The van der Waals surface area contributed by atoms with E-state index in [0.29, 0.717) is 0 Å². The molecule has 1 saturated heterocycles. The Kier molecular flexibility index (Phi) is 4.19. The number of piperidine rings is 1. The second-order valence-electron chi connectivity index (χ2n) is 8.15. The van der Waals surface area contributed by atoms with Gasteiger partial charge in [-0.05, 0) is 48.8 Å². The van der Waals surface area contributed by atoms with Crippen molar-refractivity contribution in [2.24, 2.45) is 11.1 Å². The molecule has 1 aromatic rings. The Morgan fingerprint density at radius 3 is 2.71 bits per heavy atom. The molecule has 1 aliphatic carbocycles. The van der Waals surface area contributed by atoms with Gasteiger partial charge in [0, 0.05) is 30.8 Å². The number of hydrogen-bond acceptors (Lipinski definition) is 3. The van der Waals surface area contributed by atoms with E-state index < -0.39 is 12.0 Å². The van der Waals surface area contributed by atoms with Crippen molar-refractivity contribution in [1.82, 2.24) is 4.98 Å². The van der Waals surface area contributed by atoms with Gasteiger partial charge in [0.05, 0.1) is 6.04 Å². The first-order valence-corrected chi connectivity index (χ1v) is 8.66. The topological polar surface area (TPSA) is 42.2 Å². The summed E-state index contributed by atoms with van der Waals surface area (Å²) in [7, 11) is 0. The Morgan fingerprint density at radius 2 is 2.08 bits per heavy atom. The van der Waals surface area contributed by atoms with Crippen LogP contribution in [0.5, 0.6) is 0 Å². The van der Waals surface area contributed by atoms with Gasteiger partial charge < -0.3 is 10.6 Å². The summed E-state index contributed by atoms with van der Waals surface area (Å²) in [5.41, 5.74) is 10.2. The molecule has 0 spiro atoms. The number of allylic oxidation sites excluding steroid dienone is 1. The third-order valence-corrected chi connectivity index (χ3v) is 5.32. The van der Waals surface area contributed by atoms with Gasteiger partial charge in [-0.2, -0.15) is 0 Å². The standard InChI is InChI=1S/C19H27F2N3/c1-12(2)14-9-13-5-6-18(3,4)10-15(13)23-17(14)24-8-7-19(20,21)16(22)11-24/h9,16H,1,5-8,10-11,22H2,2-4H3. The summed E-state index contributed by atoms with van der Waals surface area (Å²) in [6.45, 7) is 10.9. The number of fused-ring (bicyclic) bond motifs is 1.